The first-order chi connectivity index (χ1) is 9.03. The van der Waals surface area contributed by atoms with Gasteiger partial charge < -0.3 is 5.32 Å². The average Bonchev–Trinajstić information content (AvgIpc) is 2.57. The molecule has 1 aromatic rings. The molecule has 2 fully saturated rings. The Morgan fingerprint density at radius 1 is 1.21 bits per heavy atom. The van der Waals surface area contributed by atoms with Gasteiger partial charge in [0, 0.05) is 5.69 Å². The quantitative estimate of drug-likeness (QED) is 0.887. The zero-order valence-electron chi connectivity index (χ0n) is 11.1. The zero-order chi connectivity index (χ0) is 13.5. The maximum Gasteiger partial charge on any atom is 0.229 e. The minimum Gasteiger partial charge on any atom is -0.316 e. The highest BCUT2D eigenvalue weighted by molar-refractivity contribution is 7.92. The number of sulfonamides is 1. The van der Waals surface area contributed by atoms with Crippen molar-refractivity contribution in [3.63, 3.8) is 0 Å². The molecule has 1 saturated heterocycles. The summed E-state index contributed by atoms with van der Waals surface area (Å²) < 4.78 is 25.2. The highest BCUT2D eigenvalue weighted by Crippen LogP contribution is 2.46. The van der Waals surface area contributed by atoms with Crippen LogP contribution < -0.4 is 10.0 Å². The molecule has 0 aromatic heterocycles. The van der Waals surface area contributed by atoms with Crippen LogP contribution in [0.5, 0.6) is 0 Å². The summed E-state index contributed by atoms with van der Waals surface area (Å²) in [5.41, 5.74) is 1.96. The summed E-state index contributed by atoms with van der Waals surface area (Å²) >= 11 is 0. The van der Waals surface area contributed by atoms with Crippen molar-refractivity contribution in [3.05, 3.63) is 29.8 Å². The molecule has 0 amide bonds. The van der Waals surface area contributed by atoms with Crippen LogP contribution in [0.15, 0.2) is 24.3 Å². The average molecular weight is 280 g/mol. The van der Waals surface area contributed by atoms with Gasteiger partial charge in [-0.1, -0.05) is 12.1 Å². The van der Waals surface area contributed by atoms with Crippen molar-refractivity contribution in [2.24, 2.45) is 11.8 Å². The van der Waals surface area contributed by atoms with Gasteiger partial charge in [0.25, 0.3) is 0 Å². The molecule has 19 heavy (non-hydrogen) atoms. The van der Waals surface area contributed by atoms with Gasteiger partial charge in [0.15, 0.2) is 0 Å². The second-order valence-electron chi connectivity index (χ2n) is 5.78. The molecule has 104 valence electrons. The molecule has 1 aromatic carbocycles. The van der Waals surface area contributed by atoms with Crippen LogP contribution in [0.2, 0.25) is 0 Å². The minimum absolute atomic E-state index is 0.586. The third-order valence-electron chi connectivity index (χ3n) is 4.31. The Labute approximate surface area is 114 Å². The molecule has 0 spiro atoms. The van der Waals surface area contributed by atoms with E-state index in [4.69, 9.17) is 0 Å². The molecule has 4 nitrogen and oxygen atoms in total. The molecule has 1 aliphatic heterocycles. The predicted molar refractivity (Wildman–Crippen MR) is 76.7 cm³/mol. The van der Waals surface area contributed by atoms with Gasteiger partial charge >= 0.3 is 0 Å². The Bertz CT molecular complexity index is 555. The second-order valence-corrected chi connectivity index (χ2v) is 7.53. The first-order valence-corrected chi connectivity index (χ1v) is 8.70. The third-order valence-corrected chi connectivity index (χ3v) is 4.92. The van der Waals surface area contributed by atoms with Crippen LogP contribution in [0, 0.1) is 11.8 Å². The molecule has 1 heterocycles. The van der Waals surface area contributed by atoms with Gasteiger partial charge in [0.1, 0.15) is 0 Å². The van der Waals surface area contributed by atoms with Crippen LogP contribution in [-0.4, -0.2) is 27.8 Å². The van der Waals surface area contributed by atoms with Crippen molar-refractivity contribution in [2.45, 2.75) is 18.8 Å². The van der Waals surface area contributed by atoms with Gasteiger partial charge in [-0.25, -0.2) is 8.42 Å². The molecule has 2 atom stereocenters. The maximum absolute atomic E-state index is 11.3. The molecule has 3 rings (SSSR count). The zero-order valence-corrected chi connectivity index (χ0v) is 11.9. The van der Waals surface area contributed by atoms with Crippen molar-refractivity contribution in [1.82, 2.24) is 5.32 Å². The standard InChI is InChI=1S/C14H20N2O2S/c1-19(17,18)16-13-4-2-3-10(7-13)14-11-5-6-12(14)9-15-8-11/h2-4,7,11-12,14-16H,5-6,8-9H2,1H3. The largest absolute Gasteiger partial charge is 0.316 e. The van der Waals surface area contributed by atoms with E-state index in [1.54, 1.807) is 0 Å². The van der Waals surface area contributed by atoms with E-state index >= 15 is 0 Å². The summed E-state index contributed by atoms with van der Waals surface area (Å²) in [6.45, 7) is 2.18. The van der Waals surface area contributed by atoms with E-state index in [1.807, 2.05) is 18.2 Å². The summed E-state index contributed by atoms with van der Waals surface area (Å²) in [5.74, 6) is 1.99. The van der Waals surface area contributed by atoms with Crippen molar-refractivity contribution < 1.29 is 8.42 Å². The van der Waals surface area contributed by atoms with Gasteiger partial charge in [0.05, 0.1) is 6.26 Å². The van der Waals surface area contributed by atoms with Crippen molar-refractivity contribution >= 4 is 15.7 Å². The summed E-state index contributed by atoms with van der Waals surface area (Å²) in [4.78, 5) is 0. The smallest absolute Gasteiger partial charge is 0.229 e. The molecule has 2 aliphatic rings. The minimum atomic E-state index is -3.20. The first kappa shape index (κ1) is 12.9. The molecule has 1 saturated carbocycles. The third kappa shape index (κ3) is 2.77. The van der Waals surface area contributed by atoms with Crippen LogP contribution >= 0.6 is 0 Å². The van der Waals surface area contributed by atoms with Gasteiger partial charge in [-0.15, -0.1) is 0 Å². The van der Waals surface area contributed by atoms with Crippen LogP contribution in [0.25, 0.3) is 0 Å². The summed E-state index contributed by atoms with van der Waals surface area (Å²) in [7, 11) is -3.20. The Balaban J connectivity index is 1.87. The monoisotopic (exact) mass is 280 g/mol. The summed E-state index contributed by atoms with van der Waals surface area (Å²) in [6, 6.07) is 7.90. The molecular formula is C14H20N2O2S. The molecule has 2 bridgehead atoms. The van der Waals surface area contributed by atoms with Gasteiger partial charge in [-0.2, -0.15) is 0 Å². The fraction of sp³-hybridized carbons (Fsp3) is 0.571. The normalized spacial score (nSPS) is 30.3. The Kier molecular flexibility index (Phi) is 3.27. The van der Waals surface area contributed by atoms with E-state index in [0.29, 0.717) is 23.4 Å². The molecule has 5 heteroatoms. The Hall–Kier alpha value is -1.07. The first-order valence-electron chi connectivity index (χ1n) is 6.81. The topological polar surface area (TPSA) is 58.2 Å². The number of hydrogen-bond donors (Lipinski definition) is 2. The van der Waals surface area contributed by atoms with E-state index in [9.17, 15) is 8.42 Å². The fourth-order valence-electron chi connectivity index (χ4n) is 3.65. The highest BCUT2D eigenvalue weighted by atomic mass is 32.2. The number of anilines is 1. The number of piperidine rings is 1. The van der Waals surface area contributed by atoms with Crippen molar-refractivity contribution in [1.29, 1.82) is 0 Å². The number of hydrogen-bond acceptors (Lipinski definition) is 3. The van der Waals surface area contributed by atoms with E-state index in [-0.39, 0.29) is 0 Å². The maximum atomic E-state index is 11.3. The predicted octanol–water partition coefficient (Wildman–Crippen LogP) is 1.77. The van der Waals surface area contributed by atoms with Gasteiger partial charge in [0.2, 0.25) is 10.0 Å². The van der Waals surface area contributed by atoms with Gasteiger partial charge in [-0.05, 0) is 61.4 Å². The van der Waals surface area contributed by atoms with Crippen molar-refractivity contribution in [3.8, 4) is 0 Å². The lowest BCUT2D eigenvalue weighted by Gasteiger charge is -2.31. The fourth-order valence-corrected chi connectivity index (χ4v) is 4.21. The lowest BCUT2D eigenvalue weighted by atomic mass is 9.80. The van der Waals surface area contributed by atoms with Crippen LogP contribution in [-0.2, 0) is 10.0 Å². The lowest BCUT2D eigenvalue weighted by Crippen LogP contribution is -2.36. The number of rotatable bonds is 3. The van der Waals surface area contributed by atoms with E-state index < -0.39 is 10.0 Å². The van der Waals surface area contributed by atoms with Crippen LogP contribution in [0.1, 0.15) is 24.3 Å². The van der Waals surface area contributed by atoms with Crippen LogP contribution in [0.3, 0.4) is 0 Å². The second kappa shape index (κ2) is 4.80. The van der Waals surface area contributed by atoms with E-state index in [2.05, 4.69) is 16.1 Å². The van der Waals surface area contributed by atoms with E-state index in [1.165, 1.54) is 24.7 Å². The summed E-state index contributed by atoms with van der Waals surface area (Å²) in [6.07, 6.45) is 3.76. The van der Waals surface area contributed by atoms with Crippen LogP contribution in [0.4, 0.5) is 5.69 Å². The SMILES string of the molecule is CS(=O)(=O)Nc1cccc(C2C3CCC2CNC3)c1. The highest BCUT2D eigenvalue weighted by Gasteiger charge is 2.39. The Morgan fingerprint density at radius 2 is 1.89 bits per heavy atom. The number of nitrogens with one attached hydrogen (secondary N) is 2. The molecule has 1 aliphatic carbocycles. The molecule has 2 N–H and O–H groups in total. The Morgan fingerprint density at radius 3 is 2.53 bits per heavy atom. The summed E-state index contributed by atoms with van der Waals surface area (Å²) in [5, 5.41) is 3.49. The number of benzene rings is 1. The molecule has 2 unspecified atom stereocenters. The lowest BCUT2D eigenvalue weighted by molar-refractivity contribution is 0.323. The van der Waals surface area contributed by atoms with E-state index in [0.717, 1.165) is 13.1 Å². The van der Waals surface area contributed by atoms with Crippen molar-refractivity contribution in [2.75, 3.05) is 24.1 Å². The van der Waals surface area contributed by atoms with Gasteiger partial charge in [-0.3, -0.25) is 4.72 Å². The molecular weight excluding hydrogens is 260 g/mol. The number of fused-ring (bicyclic) bond motifs is 2. The molecule has 0 radical (unpaired) electrons.